The van der Waals surface area contributed by atoms with Gasteiger partial charge in [-0.25, -0.2) is 9.78 Å². The Hall–Kier alpha value is -5.31. The maximum Gasteiger partial charge on any atom is 0.328 e. The maximum atomic E-state index is 12.2. The van der Waals surface area contributed by atoms with Crippen LogP contribution in [-0.4, -0.2) is 87.4 Å². The van der Waals surface area contributed by atoms with E-state index in [0.717, 1.165) is 81.6 Å². The average molecular weight is 782 g/mol. The molecule has 3 amide bonds. The Morgan fingerprint density at radius 2 is 1.55 bits per heavy atom. The van der Waals surface area contributed by atoms with Crippen molar-refractivity contribution in [2.75, 3.05) is 90.5 Å². The first-order valence-corrected chi connectivity index (χ1v) is 20.0. The Morgan fingerprint density at radius 3 is 2.30 bits per heavy atom. The smallest absolute Gasteiger partial charge is 0.328 e. The molecule has 0 radical (unpaired) electrons. The van der Waals surface area contributed by atoms with Crippen molar-refractivity contribution in [3.8, 4) is 5.75 Å². The summed E-state index contributed by atoms with van der Waals surface area (Å²) in [6, 6.07) is 21.9. The van der Waals surface area contributed by atoms with Crippen LogP contribution >= 0.6 is 11.6 Å². The summed E-state index contributed by atoms with van der Waals surface area (Å²) < 4.78 is 5.77. The maximum absolute atomic E-state index is 12.2. The number of rotatable bonds is 15. The van der Waals surface area contributed by atoms with Gasteiger partial charge >= 0.3 is 6.03 Å². The fourth-order valence-corrected chi connectivity index (χ4v) is 7.76. The molecule has 296 valence electrons. The molecule has 0 bridgehead atoms. The van der Waals surface area contributed by atoms with E-state index >= 15 is 0 Å². The van der Waals surface area contributed by atoms with Crippen LogP contribution in [0.15, 0.2) is 72.9 Å². The van der Waals surface area contributed by atoms with Crippen LogP contribution < -0.4 is 51.8 Å². The van der Waals surface area contributed by atoms with E-state index < -0.39 is 0 Å². The van der Waals surface area contributed by atoms with Crippen molar-refractivity contribution in [2.24, 2.45) is 5.92 Å². The van der Waals surface area contributed by atoms with Gasteiger partial charge in [0.1, 0.15) is 10.8 Å². The number of nitrogens with one attached hydrogen (secondary N) is 5. The first-order valence-electron chi connectivity index (χ1n) is 19.6. The zero-order valence-corrected chi connectivity index (χ0v) is 32.7. The zero-order valence-electron chi connectivity index (χ0n) is 31.9. The predicted octanol–water partition coefficient (Wildman–Crippen LogP) is 6.11. The van der Waals surface area contributed by atoms with Gasteiger partial charge in [0.25, 0.3) is 0 Å². The van der Waals surface area contributed by atoms with Gasteiger partial charge in [-0.15, -0.1) is 0 Å². The number of piperidine rings is 2. The SMILES string of the molecule is COc1cc(N2CCC(NCCNCCC3CCN(c4ccc(N5CCC(=O)NC5=O)cc4)CC3)CC2)ccc1Nc1ncc(Cl)c(Nc2ccccc2N)n1. The molecular formula is C41H52ClN11O3. The second-order valence-corrected chi connectivity index (χ2v) is 15.0. The van der Waals surface area contributed by atoms with Crippen LogP contribution in [0.25, 0.3) is 0 Å². The molecule has 3 aliphatic heterocycles. The molecule has 0 spiro atoms. The highest BCUT2D eigenvalue weighted by molar-refractivity contribution is 6.33. The van der Waals surface area contributed by atoms with Gasteiger partial charge in [-0.2, -0.15) is 4.98 Å². The number of urea groups is 1. The number of methoxy groups -OCH3 is 1. The lowest BCUT2D eigenvalue weighted by Crippen LogP contribution is -2.49. The summed E-state index contributed by atoms with van der Waals surface area (Å²) >= 11 is 6.39. The number of nitrogens with two attached hydrogens (primary N) is 1. The first kappa shape index (κ1) is 38.9. The number of imide groups is 1. The van der Waals surface area contributed by atoms with Crippen molar-refractivity contribution in [2.45, 2.75) is 44.6 Å². The molecule has 3 saturated heterocycles. The Balaban J connectivity index is 0.780. The summed E-state index contributed by atoms with van der Waals surface area (Å²) in [6.45, 7) is 7.42. The van der Waals surface area contributed by atoms with Crippen LogP contribution in [-0.2, 0) is 4.79 Å². The van der Waals surface area contributed by atoms with Gasteiger partial charge < -0.3 is 41.5 Å². The number of nitrogen functional groups attached to an aromatic ring is 1. The molecule has 3 aromatic carbocycles. The molecule has 0 aliphatic carbocycles. The van der Waals surface area contributed by atoms with Gasteiger partial charge in [-0.05, 0) is 93.1 Å². The molecule has 0 unspecified atom stereocenters. The summed E-state index contributed by atoms with van der Waals surface area (Å²) in [7, 11) is 1.67. The Kier molecular flexibility index (Phi) is 12.9. The molecule has 14 nitrogen and oxygen atoms in total. The van der Waals surface area contributed by atoms with Crippen LogP contribution in [0.3, 0.4) is 0 Å². The minimum atomic E-state index is -0.345. The third-order valence-corrected chi connectivity index (χ3v) is 11.2. The summed E-state index contributed by atoms with van der Waals surface area (Å²) in [5, 5.41) is 16.7. The standard InChI is InChI=1S/C41H52ClN11O3/c1-56-37-26-32(10-11-36(37)48-40-46-27-33(42)39(50-40)47-35-5-3-2-4-34(35)43)52-23-15-29(16-24-52)45-20-19-44-18-12-28-13-21-51(22-14-28)30-6-8-31(9-7-30)53-25-17-38(54)49-41(53)55/h2-11,26-29,44-45H,12-25,43H2,1H3,(H,49,54,55)(H2,46,47,48,50). The molecule has 7 N–H and O–H groups in total. The number of nitrogens with zero attached hydrogens (tertiary/aromatic N) is 5. The molecule has 4 aromatic rings. The number of carbonyl (C=O) groups excluding carboxylic acids is 2. The molecule has 4 heterocycles. The number of halogens is 1. The number of hydrogen-bond acceptors (Lipinski definition) is 12. The van der Waals surface area contributed by atoms with E-state index in [1.54, 1.807) is 18.2 Å². The molecule has 56 heavy (non-hydrogen) atoms. The van der Waals surface area contributed by atoms with Crippen molar-refractivity contribution in [1.82, 2.24) is 25.9 Å². The lowest BCUT2D eigenvalue weighted by Gasteiger charge is -2.34. The fraction of sp³-hybridized carbons (Fsp3) is 0.415. The Bertz CT molecular complexity index is 1950. The van der Waals surface area contributed by atoms with E-state index in [4.69, 9.17) is 22.1 Å². The molecule has 15 heteroatoms. The minimum Gasteiger partial charge on any atom is -0.494 e. The minimum absolute atomic E-state index is 0.214. The van der Waals surface area contributed by atoms with E-state index in [0.29, 0.717) is 52.9 Å². The van der Waals surface area contributed by atoms with Gasteiger partial charge in [-0.3, -0.25) is 15.0 Å². The highest BCUT2D eigenvalue weighted by Crippen LogP contribution is 2.34. The molecule has 3 fully saturated rings. The van der Waals surface area contributed by atoms with Crippen molar-refractivity contribution < 1.29 is 14.3 Å². The van der Waals surface area contributed by atoms with Gasteiger partial charge in [0.2, 0.25) is 11.9 Å². The van der Waals surface area contributed by atoms with E-state index in [1.165, 1.54) is 24.9 Å². The molecule has 0 atom stereocenters. The number of anilines is 8. The number of aromatic nitrogens is 2. The molecule has 3 aliphatic rings. The third-order valence-electron chi connectivity index (χ3n) is 10.9. The Labute approximate surface area is 333 Å². The number of carbonyl (C=O) groups is 2. The first-order chi connectivity index (χ1) is 27.3. The number of hydrogen-bond donors (Lipinski definition) is 6. The summed E-state index contributed by atoms with van der Waals surface area (Å²) in [5.74, 6) is 2.05. The van der Waals surface area contributed by atoms with Crippen LogP contribution in [0.1, 0.15) is 38.5 Å². The van der Waals surface area contributed by atoms with E-state index in [-0.39, 0.29) is 11.9 Å². The topological polar surface area (TPSA) is 165 Å². The normalized spacial score (nSPS) is 16.9. The van der Waals surface area contributed by atoms with Gasteiger partial charge in [0, 0.05) is 81.4 Å². The molecule has 1 aromatic heterocycles. The highest BCUT2D eigenvalue weighted by atomic mass is 35.5. The van der Waals surface area contributed by atoms with E-state index in [2.05, 4.69) is 70.6 Å². The number of ether oxygens (including phenoxy) is 1. The van der Waals surface area contributed by atoms with Crippen LogP contribution in [0.5, 0.6) is 5.75 Å². The second-order valence-electron chi connectivity index (χ2n) is 14.6. The van der Waals surface area contributed by atoms with Gasteiger partial charge in [-0.1, -0.05) is 23.7 Å². The van der Waals surface area contributed by atoms with Crippen molar-refractivity contribution >= 4 is 69.4 Å². The van der Waals surface area contributed by atoms with Crippen molar-refractivity contribution in [1.29, 1.82) is 0 Å². The van der Waals surface area contributed by atoms with E-state index in [1.807, 2.05) is 42.5 Å². The summed E-state index contributed by atoms with van der Waals surface area (Å²) in [5.41, 5.74) is 11.3. The monoisotopic (exact) mass is 781 g/mol. The number of para-hydroxylation sites is 2. The van der Waals surface area contributed by atoms with Crippen LogP contribution in [0.4, 0.5) is 50.7 Å². The fourth-order valence-electron chi connectivity index (χ4n) is 7.63. The van der Waals surface area contributed by atoms with Crippen LogP contribution in [0.2, 0.25) is 5.02 Å². The van der Waals surface area contributed by atoms with Gasteiger partial charge in [0.05, 0.1) is 30.4 Å². The van der Waals surface area contributed by atoms with Crippen molar-refractivity contribution in [3.05, 3.63) is 77.9 Å². The Morgan fingerprint density at radius 1 is 0.839 bits per heavy atom. The summed E-state index contributed by atoms with van der Waals surface area (Å²) in [4.78, 5) is 39.0. The largest absolute Gasteiger partial charge is 0.494 e. The molecule has 0 saturated carbocycles. The molecular weight excluding hydrogens is 730 g/mol. The quantitative estimate of drug-likeness (QED) is 0.0607. The lowest BCUT2D eigenvalue weighted by molar-refractivity contribution is -0.120. The summed E-state index contributed by atoms with van der Waals surface area (Å²) in [6.07, 6.45) is 7.61. The number of benzene rings is 3. The highest BCUT2D eigenvalue weighted by Gasteiger charge is 2.25. The second kappa shape index (κ2) is 18.5. The van der Waals surface area contributed by atoms with Crippen LogP contribution in [0, 0.1) is 5.92 Å². The number of amides is 3. The molecule has 7 rings (SSSR count). The van der Waals surface area contributed by atoms with Crippen molar-refractivity contribution in [3.63, 3.8) is 0 Å². The predicted molar refractivity (Wildman–Crippen MR) is 225 cm³/mol. The lowest BCUT2D eigenvalue weighted by atomic mass is 9.93. The van der Waals surface area contributed by atoms with E-state index in [9.17, 15) is 9.59 Å². The average Bonchev–Trinajstić information content (AvgIpc) is 3.22. The van der Waals surface area contributed by atoms with Gasteiger partial charge in [0.15, 0.2) is 5.82 Å². The zero-order chi connectivity index (χ0) is 38.9. The third kappa shape index (κ3) is 9.91.